The van der Waals surface area contributed by atoms with Crippen molar-refractivity contribution in [2.75, 3.05) is 0 Å². The molecule has 1 aliphatic carbocycles. The Morgan fingerprint density at radius 3 is 2.45 bits per heavy atom. The Hall–Kier alpha value is -1.24. The molecule has 122 valence electrons. The summed E-state index contributed by atoms with van der Waals surface area (Å²) in [6.07, 6.45) is 18.4. The Bertz CT molecular complexity index is 424. The Morgan fingerprint density at radius 2 is 1.77 bits per heavy atom. The maximum absolute atomic E-state index is 9.27. The van der Waals surface area contributed by atoms with Crippen LogP contribution in [0.2, 0.25) is 0 Å². The predicted octanol–water partition coefficient (Wildman–Crippen LogP) is 6.27. The van der Waals surface area contributed by atoms with Gasteiger partial charge in [0.15, 0.2) is 0 Å². The molecule has 0 spiro atoms. The average Bonchev–Trinajstić information content (AvgIpc) is 2.55. The fourth-order valence-electron chi connectivity index (χ4n) is 3.55. The van der Waals surface area contributed by atoms with E-state index in [1.807, 2.05) is 12.1 Å². The van der Waals surface area contributed by atoms with Gasteiger partial charge in [0.25, 0.3) is 0 Å². The van der Waals surface area contributed by atoms with Crippen LogP contribution in [0.5, 0.6) is 5.75 Å². The standard InChI is InChI=1S/C21H32O/c1-2-3-4-7-18-10-12-19(13-11-18)8-5-6-9-20-14-16-21(22)17-15-20/h5,8,14-19,22H,2-4,6-7,9-13H2,1H3/b8-5+/t18-,19-. The number of phenols is 1. The molecular formula is C21H32O. The molecule has 22 heavy (non-hydrogen) atoms. The molecule has 1 fully saturated rings. The van der Waals surface area contributed by atoms with E-state index in [1.54, 1.807) is 12.1 Å². The average molecular weight is 300 g/mol. The number of unbranched alkanes of at least 4 members (excludes halogenated alkanes) is 2. The molecule has 1 saturated carbocycles. The molecule has 0 amide bonds. The first-order valence-corrected chi connectivity index (χ1v) is 9.22. The number of hydrogen-bond acceptors (Lipinski definition) is 1. The molecule has 1 aromatic rings. The number of benzene rings is 1. The number of aromatic hydroxyl groups is 1. The van der Waals surface area contributed by atoms with E-state index in [9.17, 15) is 5.11 Å². The molecule has 0 aromatic heterocycles. The Morgan fingerprint density at radius 1 is 1.05 bits per heavy atom. The molecular weight excluding hydrogens is 268 g/mol. The van der Waals surface area contributed by atoms with E-state index in [1.165, 1.54) is 56.9 Å². The van der Waals surface area contributed by atoms with Crippen LogP contribution in [0.3, 0.4) is 0 Å². The Balaban J connectivity index is 1.60. The highest BCUT2D eigenvalue weighted by atomic mass is 16.3. The third-order valence-electron chi connectivity index (χ3n) is 5.05. The van der Waals surface area contributed by atoms with Gasteiger partial charge < -0.3 is 5.11 Å². The van der Waals surface area contributed by atoms with E-state index < -0.39 is 0 Å². The van der Waals surface area contributed by atoms with Crippen molar-refractivity contribution in [1.82, 2.24) is 0 Å². The third-order valence-corrected chi connectivity index (χ3v) is 5.05. The van der Waals surface area contributed by atoms with Crippen LogP contribution in [0.1, 0.15) is 70.3 Å². The number of rotatable bonds is 8. The van der Waals surface area contributed by atoms with Gasteiger partial charge in [0.05, 0.1) is 0 Å². The van der Waals surface area contributed by atoms with Gasteiger partial charge in [-0.2, -0.15) is 0 Å². The maximum Gasteiger partial charge on any atom is 0.115 e. The SMILES string of the molecule is CCCCC[C@H]1CC[C@H](/C=C/CCc2ccc(O)cc2)CC1. The summed E-state index contributed by atoms with van der Waals surface area (Å²) < 4.78 is 0. The third kappa shape index (κ3) is 6.25. The number of allylic oxidation sites excluding steroid dienone is 2. The number of hydrogen-bond donors (Lipinski definition) is 1. The van der Waals surface area contributed by atoms with Crippen LogP contribution in [0.4, 0.5) is 0 Å². The summed E-state index contributed by atoms with van der Waals surface area (Å²) in [5.74, 6) is 2.19. The first-order valence-electron chi connectivity index (χ1n) is 9.22. The highest BCUT2D eigenvalue weighted by Crippen LogP contribution is 2.32. The lowest BCUT2D eigenvalue weighted by atomic mass is 9.79. The van der Waals surface area contributed by atoms with E-state index in [0.29, 0.717) is 5.75 Å². The molecule has 1 N–H and O–H groups in total. The molecule has 0 radical (unpaired) electrons. The van der Waals surface area contributed by atoms with Crippen molar-refractivity contribution >= 4 is 0 Å². The van der Waals surface area contributed by atoms with Crippen molar-refractivity contribution in [3.05, 3.63) is 42.0 Å². The van der Waals surface area contributed by atoms with Gasteiger partial charge in [-0.1, -0.05) is 56.9 Å². The molecule has 1 heteroatoms. The molecule has 1 aromatic carbocycles. The lowest BCUT2D eigenvalue weighted by Gasteiger charge is -2.26. The summed E-state index contributed by atoms with van der Waals surface area (Å²) in [5.41, 5.74) is 1.31. The van der Waals surface area contributed by atoms with Crippen molar-refractivity contribution in [2.24, 2.45) is 11.8 Å². The second kappa shape index (κ2) is 9.71. The van der Waals surface area contributed by atoms with Gasteiger partial charge in [0.2, 0.25) is 0 Å². The van der Waals surface area contributed by atoms with Gasteiger partial charge in [-0.3, -0.25) is 0 Å². The highest BCUT2D eigenvalue weighted by molar-refractivity contribution is 5.26. The van der Waals surface area contributed by atoms with Crippen LogP contribution in [-0.4, -0.2) is 5.11 Å². The normalized spacial score (nSPS) is 22.2. The van der Waals surface area contributed by atoms with Crippen LogP contribution in [0, 0.1) is 11.8 Å². The molecule has 0 aliphatic heterocycles. The fourth-order valence-corrected chi connectivity index (χ4v) is 3.55. The predicted molar refractivity (Wildman–Crippen MR) is 95.2 cm³/mol. The van der Waals surface area contributed by atoms with Crippen LogP contribution < -0.4 is 0 Å². The molecule has 1 aliphatic rings. The van der Waals surface area contributed by atoms with E-state index in [-0.39, 0.29) is 0 Å². The van der Waals surface area contributed by atoms with Crippen LogP contribution in [0.25, 0.3) is 0 Å². The van der Waals surface area contributed by atoms with Crippen LogP contribution >= 0.6 is 0 Å². The molecule has 1 nitrogen and oxygen atoms in total. The molecule has 0 unspecified atom stereocenters. The minimum Gasteiger partial charge on any atom is -0.508 e. The van der Waals surface area contributed by atoms with Crippen LogP contribution in [-0.2, 0) is 6.42 Å². The summed E-state index contributed by atoms with van der Waals surface area (Å²) in [6.45, 7) is 2.29. The van der Waals surface area contributed by atoms with Gasteiger partial charge in [0.1, 0.15) is 5.75 Å². The van der Waals surface area contributed by atoms with Crippen molar-refractivity contribution < 1.29 is 5.11 Å². The van der Waals surface area contributed by atoms with Gasteiger partial charge in [-0.15, -0.1) is 0 Å². The quantitative estimate of drug-likeness (QED) is 0.443. The second-order valence-corrected chi connectivity index (χ2v) is 6.91. The minimum absolute atomic E-state index is 0.356. The first-order chi connectivity index (χ1) is 10.8. The van der Waals surface area contributed by atoms with Crippen LogP contribution in [0.15, 0.2) is 36.4 Å². The monoisotopic (exact) mass is 300 g/mol. The smallest absolute Gasteiger partial charge is 0.115 e. The zero-order valence-corrected chi connectivity index (χ0v) is 14.1. The zero-order chi connectivity index (χ0) is 15.6. The first kappa shape index (κ1) is 17.1. The van der Waals surface area contributed by atoms with Gasteiger partial charge in [-0.25, -0.2) is 0 Å². The topological polar surface area (TPSA) is 20.2 Å². The summed E-state index contributed by atoms with van der Waals surface area (Å²) >= 11 is 0. The van der Waals surface area contributed by atoms with Gasteiger partial charge in [-0.05, 0) is 68.1 Å². The van der Waals surface area contributed by atoms with Gasteiger partial charge in [0, 0.05) is 0 Å². The lowest BCUT2D eigenvalue weighted by molar-refractivity contribution is 0.289. The van der Waals surface area contributed by atoms with Crippen molar-refractivity contribution in [3.63, 3.8) is 0 Å². The molecule has 2 rings (SSSR count). The number of aryl methyl sites for hydroxylation is 1. The fraction of sp³-hybridized carbons (Fsp3) is 0.619. The Labute approximate surface area is 136 Å². The molecule has 0 heterocycles. The molecule has 0 saturated heterocycles. The summed E-state index contributed by atoms with van der Waals surface area (Å²) in [7, 11) is 0. The Kier molecular flexibility index (Phi) is 7.56. The molecule has 0 atom stereocenters. The summed E-state index contributed by atoms with van der Waals surface area (Å²) in [6, 6.07) is 7.59. The second-order valence-electron chi connectivity index (χ2n) is 6.91. The molecule has 0 bridgehead atoms. The largest absolute Gasteiger partial charge is 0.508 e. The maximum atomic E-state index is 9.27. The van der Waals surface area contributed by atoms with Crippen molar-refractivity contribution in [2.45, 2.75) is 71.1 Å². The van der Waals surface area contributed by atoms with Crippen molar-refractivity contribution in [3.8, 4) is 5.75 Å². The summed E-state index contributed by atoms with van der Waals surface area (Å²) in [5, 5.41) is 9.27. The van der Waals surface area contributed by atoms with E-state index in [2.05, 4.69) is 19.1 Å². The van der Waals surface area contributed by atoms with Crippen molar-refractivity contribution in [1.29, 1.82) is 0 Å². The zero-order valence-electron chi connectivity index (χ0n) is 14.1. The lowest BCUT2D eigenvalue weighted by Crippen LogP contribution is -2.13. The van der Waals surface area contributed by atoms with E-state index in [0.717, 1.165) is 24.7 Å². The highest BCUT2D eigenvalue weighted by Gasteiger charge is 2.18. The van der Waals surface area contributed by atoms with Gasteiger partial charge >= 0.3 is 0 Å². The van der Waals surface area contributed by atoms with E-state index in [4.69, 9.17) is 0 Å². The minimum atomic E-state index is 0.356. The number of phenolic OH excluding ortho intramolecular Hbond substituents is 1. The van der Waals surface area contributed by atoms with E-state index >= 15 is 0 Å². The summed E-state index contributed by atoms with van der Waals surface area (Å²) in [4.78, 5) is 0.